The van der Waals surface area contributed by atoms with Gasteiger partial charge in [0.25, 0.3) is 0 Å². The Morgan fingerprint density at radius 3 is 2.22 bits per heavy atom. The highest BCUT2D eigenvalue weighted by molar-refractivity contribution is 5.45. The van der Waals surface area contributed by atoms with E-state index in [-0.39, 0.29) is 6.61 Å². The number of benzene rings is 1. The van der Waals surface area contributed by atoms with Crippen LogP contribution in [0.1, 0.15) is 16.8 Å². The summed E-state index contributed by atoms with van der Waals surface area (Å²) in [5, 5.41) is 9.07. The predicted molar refractivity (Wildman–Crippen MR) is 93.7 cm³/mol. The summed E-state index contributed by atoms with van der Waals surface area (Å²) in [5.41, 5.74) is 4.61. The minimum absolute atomic E-state index is 0.107. The quantitative estimate of drug-likeness (QED) is 0.918. The summed E-state index contributed by atoms with van der Waals surface area (Å²) in [6.45, 7) is 4.50. The van der Waals surface area contributed by atoms with Crippen molar-refractivity contribution in [2.45, 2.75) is 19.4 Å². The molecule has 0 radical (unpaired) electrons. The second kappa shape index (κ2) is 7.57. The zero-order valence-electron chi connectivity index (χ0n) is 13.8. The van der Waals surface area contributed by atoms with E-state index < -0.39 is 0 Å². The Bertz CT molecular complexity index is 602. The number of hydrogen-bond donors (Lipinski definition) is 1. The van der Waals surface area contributed by atoms with Gasteiger partial charge < -0.3 is 14.9 Å². The monoisotopic (exact) mass is 311 g/mol. The smallest absolute Gasteiger partial charge is 0.0681 e. The molecule has 1 aliphatic heterocycles. The second-order valence-electron chi connectivity index (χ2n) is 6.27. The van der Waals surface area contributed by atoms with E-state index in [0.29, 0.717) is 0 Å². The fourth-order valence-corrected chi connectivity index (χ4v) is 2.90. The van der Waals surface area contributed by atoms with Crippen LogP contribution in [0.15, 0.2) is 42.6 Å². The van der Waals surface area contributed by atoms with Crippen LogP contribution in [0.4, 0.5) is 5.69 Å². The molecule has 0 unspecified atom stereocenters. The molecule has 4 heteroatoms. The van der Waals surface area contributed by atoms with Gasteiger partial charge in [-0.25, -0.2) is 0 Å². The number of rotatable bonds is 5. The van der Waals surface area contributed by atoms with Gasteiger partial charge in [0.1, 0.15) is 0 Å². The van der Waals surface area contributed by atoms with E-state index in [4.69, 9.17) is 5.11 Å². The highest BCUT2D eigenvalue weighted by Crippen LogP contribution is 2.16. The molecule has 1 aliphatic rings. The molecule has 0 spiro atoms. The van der Waals surface area contributed by atoms with Crippen LogP contribution >= 0.6 is 0 Å². The van der Waals surface area contributed by atoms with Crippen LogP contribution in [0.25, 0.3) is 0 Å². The summed E-state index contributed by atoms with van der Waals surface area (Å²) in [6, 6.07) is 12.5. The Kier molecular flexibility index (Phi) is 5.26. The Morgan fingerprint density at radius 2 is 1.61 bits per heavy atom. The Labute approximate surface area is 138 Å². The molecule has 0 saturated carbocycles. The van der Waals surface area contributed by atoms with E-state index in [2.05, 4.69) is 46.1 Å². The van der Waals surface area contributed by atoms with Gasteiger partial charge in [0, 0.05) is 31.9 Å². The molecule has 3 rings (SSSR count). The van der Waals surface area contributed by atoms with Crippen LogP contribution < -0.4 is 4.90 Å². The molecule has 0 aliphatic carbocycles. The average Bonchev–Trinajstić information content (AvgIpc) is 2.61. The molecule has 1 fully saturated rings. The number of nitrogens with zero attached hydrogens (tertiary/aromatic N) is 3. The van der Waals surface area contributed by atoms with Crippen molar-refractivity contribution in [3.05, 3.63) is 59.4 Å². The summed E-state index contributed by atoms with van der Waals surface area (Å²) in [6.07, 6.45) is 3.93. The van der Waals surface area contributed by atoms with Gasteiger partial charge in [-0.15, -0.1) is 0 Å². The van der Waals surface area contributed by atoms with Gasteiger partial charge in [0.2, 0.25) is 0 Å². The Hall–Kier alpha value is -1.91. The normalized spacial score (nSPS) is 15.8. The standard InChI is InChI=1S/C19H25N3O/c1-21-10-12-22(13-11-21)19-9-8-18(20-14-19)7-6-16-2-4-17(15-23)5-3-16/h2-5,8-9,14,23H,6-7,10-13,15H2,1H3. The molecule has 1 aromatic heterocycles. The molecular formula is C19H25N3O. The lowest BCUT2D eigenvalue weighted by Crippen LogP contribution is -2.44. The fourth-order valence-electron chi connectivity index (χ4n) is 2.90. The molecule has 0 amide bonds. The maximum atomic E-state index is 9.07. The van der Waals surface area contributed by atoms with Crippen molar-refractivity contribution in [2.75, 3.05) is 38.1 Å². The van der Waals surface area contributed by atoms with Crippen LogP contribution in [0.5, 0.6) is 0 Å². The van der Waals surface area contributed by atoms with Gasteiger partial charge in [-0.05, 0) is 43.1 Å². The van der Waals surface area contributed by atoms with Gasteiger partial charge in [0.15, 0.2) is 0 Å². The number of aromatic nitrogens is 1. The number of piperazine rings is 1. The summed E-state index contributed by atoms with van der Waals surface area (Å²) < 4.78 is 0. The van der Waals surface area contributed by atoms with Crippen molar-refractivity contribution in [2.24, 2.45) is 0 Å². The maximum absolute atomic E-state index is 9.07. The average molecular weight is 311 g/mol. The lowest BCUT2D eigenvalue weighted by atomic mass is 10.1. The largest absolute Gasteiger partial charge is 0.392 e. The first-order valence-corrected chi connectivity index (χ1v) is 8.32. The molecule has 2 aromatic rings. The highest BCUT2D eigenvalue weighted by Gasteiger charge is 2.14. The molecule has 122 valence electrons. The third kappa shape index (κ3) is 4.30. The number of pyridine rings is 1. The lowest BCUT2D eigenvalue weighted by molar-refractivity contribution is 0.282. The summed E-state index contributed by atoms with van der Waals surface area (Å²) >= 11 is 0. The molecule has 23 heavy (non-hydrogen) atoms. The topological polar surface area (TPSA) is 39.6 Å². The third-order valence-corrected chi connectivity index (χ3v) is 4.55. The van der Waals surface area contributed by atoms with E-state index in [1.165, 1.54) is 11.3 Å². The van der Waals surface area contributed by atoms with Gasteiger partial charge in [-0.2, -0.15) is 0 Å². The molecule has 2 heterocycles. The zero-order chi connectivity index (χ0) is 16.1. The van der Waals surface area contributed by atoms with Gasteiger partial charge in [-0.1, -0.05) is 24.3 Å². The third-order valence-electron chi connectivity index (χ3n) is 4.55. The first-order chi connectivity index (χ1) is 11.2. The van der Waals surface area contributed by atoms with E-state index >= 15 is 0 Å². The van der Waals surface area contributed by atoms with Crippen LogP contribution in [-0.2, 0) is 19.4 Å². The van der Waals surface area contributed by atoms with Crippen LogP contribution in [0, 0.1) is 0 Å². The number of aryl methyl sites for hydroxylation is 2. The van der Waals surface area contributed by atoms with Crippen molar-refractivity contribution in [3.8, 4) is 0 Å². The molecule has 0 bridgehead atoms. The Balaban J connectivity index is 1.54. The van der Waals surface area contributed by atoms with Gasteiger partial charge in [0.05, 0.1) is 18.5 Å². The van der Waals surface area contributed by atoms with Gasteiger partial charge in [-0.3, -0.25) is 4.98 Å². The van der Waals surface area contributed by atoms with Crippen molar-refractivity contribution in [1.82, 2.24) is 9.88 Å². The minimum atomic E-state index is 0.107. The van der Waals surface area contributed by atoms with Crippen molar-refractivity contribution < 1.29 is 5.11 Å². The first kappa shape index (κ1) is 16.0. The predicted octanol–water partition coefficient (Wildman–Crippen LogP) is 2.11. The van der Waals surface area contributed by atoms with E-state index in [1.807, 2.05) is 18.3 Å². The zero-order valence-corrected chi connectivity index (χ0v) is 13.8. The van der Waals surface area contributed by atoms with Crippen LogP contribution in [-0.4, -0.2) is 48.2 Å². The SMILES string of the molecule is CN1CCN(c2ccc(CCc3ccc(CO)cc3)nc2)CC1. The van der Waals surface area contributed by atoms with E-state index in [9.17, 15) is 0 Å². The number of likely N-dealkylation sites (N-methyl/N-ethyl adjacent to an activating group) is 1. The minimum Gasteiger partial charge on any atom is -0.392 e. The van der Waals surface area contributed by atoms with Crippen LogP contribution in [0.3, 0.4) is 0 Å². The number of aliphatic hydroxyl groups excluding tert-OH is 1. The molecule has 0 atom stereocenters. The number of anilines is 1. The molecule has 1 N–H and O–H groups in total. The van der Waals surface area contributed by atoms with Crippen LogP contribution in [0.2, 0.25) is 0 Å². The Morgan fingerprint density at radius 1 is 0.913 bits per heavy atom. The summed E-state index contributed by atoms with van der Waals surface area (Å²) in [5.74, 6) is 0. The highest BCUT2D eigenvalue weighted by atomic mass is 16.3. The molecule has 1 saturated heterocycles. The molecule has 1 aromatic carbocycles. The molecule has 4 nitrogen and oxygen atoms in total. The van der Waals surface area contributed by atoms with E-state index in [1.54, 1.807) is 0 Å². The fraction of sp³-hybridized carbons (Fsp3) is 0.421. The van der Waals surface area contributed by atoms with Crippen molar-refractivity contribution in [1.29, 1.82) is 0 Å². The van der Waals surface area contributed by atoms with Crippen molar-refractivity contribution in [3.63, 3.8) is 0 Å². The van der Waals surface area contributed by atoms with E-state index in [0.717, 1.165) is 50.3 Å². The van der Waals surface area contributed by atoms with Gasteiger partial charge >= 0.3 is 0 Å². The molecular weight excluding hydrogens is 286 g/mol. The first-order valence-electron chi connectivity index (χ1n) is 8.32. The van der Waals surface area contributed by atoms with Crippen molar-refractivity contribution >= 4 is 5.69 Å². The summed E-state index contributed by atoms with van der Waals surface area (Å²) in [7, 11) is 2.17. The number of aliphatic hydroxyl groups is 1. The lowest BCUT2D eigenvalue weighted by Gasteiger charge is -2.33. The summed E-state index contributed by atoms with van der Waals surface area (Å²) in [4.78, 5) is 9.40. The second-order valence-corrected chi connectivity index (χ2v) is 6.27. The number of hydrogen-bond acceptors (Lipinski definition) is 4. The maximum Gasteiger partial charge on any atom is 0.0681 e.